The zero-order valence-electron chi connectivity index (χ0n) is 10.2. The molecule has 1 aromatic rings. The average molecular weight is 280 g/mol. The van der Waals surface area contributed by atoms with Crippen molar-refractivity contribution in [1.82, 2.24) is 0 Å². The van der Waals surface area contributed by atoms with Gasteiger partial charge >= 0.3 is 0 Å². The zero-order valence-corrected chi connectivity index (χ0v) is 11.8. The second kappa shape index (κ2) is 7.07. The molecule has 0 amide bonds. The van der Waals surface area contributed by atoms with Gasteiger partial charge in [-0.1, -0.05) is 31.5 Å². The molecule has 0 aliphatic carbocycles. The van der Waals surface area contributed by atoms with E-state index in [-0.39, 0.29) is 18.3 Å². The molecule has 5 heteroatoms. The molecule has 0 radical (unpaired) electrons. The second-order valence-corrected chi connectivity index (χ2v) is 4.56. The lowest BCUT2D eigenvalue weighted by Gasteiger charge is -2.22. The molecule has 3 nitrogen and oxygen atoms in total. The molecule has 98 valence electrons. The SMILES string of the molecule is COc1cc([C@@H](N)[C@@H](O)C(C)C)ccc1Cl.Cl. The molecule has 3 N–H and O–H groups in total. The van der Waals surface area contributed by atoms with Crippen LogP contribution in [0.3, 0.4) is 0 Å². The minimum absolute atomic E-state index is 0. The zero-order chi connectivity index (χ0) is 12.3. The number of aliphatic hydroxyl groups is 1. The monoisotopic (exact) mass is 279 g/mol. The number of benzene rings is 1. The number of hydrogen-bond acceptors (Lipinski definition) is 3. The molecule has 0 spiro atoms. The minimum Gasteiger partial charge on any atom is -0.495 e. The normalized spacial score (nSPS) is 14.1. The number of methoxy groups -OCH3 is 1. The van der Waals surface area contributed by atoms with Crippen LogP contribution in [0.1, 0.15) is 25.5 Å². The molecule has 0 aromatic heterocycles. The highest BCUT2D eigenvalue weighted by Crippen LogP contribution is 2.29. The van der Waals surface area contributed by atoms with Crippen LogP contribution >= 0.6 is 24.0 Å². The lowest BCUT2D eigenvalue weighted by atomic mass is 9.94. The van der Waals surface area contributed by atoms with Crippen molar-refractivity contribution in [2.45, 2.75) is 26.0 Å². The average Bonchev–Trinajstić information content (AvgIpc) is 2.27. The van der Waals surface area contributed by atoms with Gasteiger partial charge in [-0.25, -0.2) is 0 Å². The summed E-state index contributed by atoms with van der Waals surface area (Å²) in [5, 5.41) is 10.4. The van der Waals surface area contributed by atoms with Crippen molar-refractivity contribution in [3.05, 3.63) is 28.8 Å². The van der Waals surface area contributed by atoms with Crippen molar-refractivity contribution in [3.8, 4) is 5.75 Å². The predicted octanol–water partition coefficient (Wildman–Crippen LogP) is 2.79. The molecule has 0 unspecified atom stereocenters. The summed E-state index contributed by atoms with van der Waals surface area (Å²) in [4.78, 5) is 0. The molecule has 1 rings (SSSR count). The smallest absolute Gasteiger partial charge is 0.137 e. The van der Waals surface area contributed by atoms with Crippen LogP contribution < -0.4 is 10.5 Å². The molecule has 2 atom stereocenters. The van der Waals surface area contributed by atoms with Gasteiger partial charge in [0.25, 0.3) is 0 Å². The summed E-state index contributed by atoms with van der Waals surface area (Å²) < 4.78 is 5.11. The van der Waals surface area contributed by atoms with Crippen molar-refractivity contribution in [3.63, 3.8) is 0 Å². The van der Waals surface area contributed by atoms with Gasteiger partial charge in [0.1, 0.15) is 5.75 Å². The van der Waals surface area contributed by atoms with Crippen LogP contribution in [0.25, 0.3) is 0 Å². The highest BCUT2D eigenvalue weighted by Gasteiger charge is 2.20. The fourth-order valence-electron chi connectivity index (χ4n) is 1.50. The van der Waals surface area contributed by atoms with Gasteiger partial charge in [0.15, 0.2) is 0 Å². The predicted molar refractivity (Wildman–Crippen MR) is 73.0 cm³/mol. The maximum atomic E-state index is 9.88. The lowest BCUT2D eigenvalue weighted by molar-refractivity contribution is 0.0979. The Kier molecular flexibility index (Phi) is 6.87. The van der Waals surface area contributed by atoms with E-state index >= 15 is 0 Å². The van der Waals surface area contributed by atoms with Crippen molar-refractivity contribution < 1.29 is 9.84 Å². The van der Waals surface area contributed by atoms with E-state index < -0.39 is 12.1 Å². The van der Waals surface area contributed by atoms with Crippen molar-refractivity contribution in [2.75, 3.05) is 7.11 Å². The number of aliphatic hydroxyl groups excluding tert-OH is 1. The quantitative estimate of drug-likeness (QED) is 0.891. The number of rotatable bonds is 4. The Balaban J connectivity index is 0.00000256. The van der Waals surface area contributed by atoms with Crippen LogP contribution in [0.15, 0.2) is 18.2 Å². The molecule has 17 heavy (non-hydrogen) atoms. The van der Waals surface area contributed by atoms with Crippen LogP contribution in [-0.4, -0.2) is 18.3 Å². The van der Waals surface area contributed by atoms with E-state index in [0.717, 1.165) is 5.56 Å². The summed E-state index contributed by atoms with van der Waals surface area (Å²) in [5.74, 6) is 0.683. The Bertz CT molecular complexity index is 358. The topological polar surface area (TPSA) is 55.5 Å². The molecule has 0 heterocycles. The first-order valence-electron chi connectivity index (χ1n) is 5.24. The van der Waals surface area contributed by atoms with E-state index in [4.69, 9.17) is 22.1 Å². The Morgan fingerprint density at radius 2 is 1.94 bits per heavy atom. The van der Waals surface area contributed by atoms with Gasteiger partial charge in [-0.2, -0.15) is 0 Å². The summed E-state index contributed by atoms with van der Waals surface area (Å²) in [6, 6.07) is 4.87. The van der Waals surface area contributed by atoms with E-state index in [1.807, 2.05) is 13.8 Å². The molecule has 1 aromatic carbocycles. The summed E-state index contributed by atoms with van der Waals surface area (Å²) in [7, 11) is 1.55. The van der Waals surface area contributed by atoms with E-state index in [2.05, 4.69) is 0 Å². The third kappa shape index (κ3) is 4.03. The van der Waals surface area contributed by atoms with E-state index in [1.165, 1.54) is 0 Å². The van der Waals surface area contributed by atoms with Gasteiger partial charge < -0.3 is 15.6 Å². The fourth-order valence-corrected chi connectivity index (χ4v) is 1.69. The Morgan fingerprint density at radius 1 is 1.35 bits per heavy atom. The van der Waals surface area contributed by atoms with Crippen LogP contribution in [0, 0.1) is 5.92 Å². The maximum absolute atomic E-state index is 9.88. The van der Waals surface area contributed by atoms with Crippen molar-refractivity contribution >= 4 is 24.0 Å². The molecule has 0 saturated heterocycles. The third-order valence-electron chi connectivity index (χ3n) is 2.61. The highest BCUT2D eigenvalue weighted by atomic mass is 35.5. The fraction of sp³-hybridized carbons (Fsp3) is 0.500. The Morgan fingerprint density at radius 3 is 2.41 bits per heavy atom. The number of ether oxygens (including phenoxy) is 1. The lowest BCUT2D eigenvalue weighted by Crippen LogP contribution is -2.30. The molecule has 0 saturated carbocycles. The van der Waals surface area contributed by atoms with Gasteiger partial charge in [0, 0.05) is 0 Å². The van der Waals surface area contributed by atoms with Crippen LogP contribution in [0.4, 0.5) is 0 Å². The first kappa shape index (κ1) is 16.5. The van der Waals surface area contributed by atoms with E-state index in [1.54, 1.807) is 25.3 Å². The van der Waals surface area contributed by atoms with Gasteiger partial charge in [-0.3, -0.25) is 0 Å². The van der Waals surface area contributed by atoms with Crippen LogP contribution in [0.5, 0.6) is 5.75 Å². The molecule has 0 fully saturated rings. The molecular formula is C12H19Cl2NO2. The second-order valence-electron chi connectivity index (χ2n) is 4.15. The number of halogens is 2. The minimum atomic E-state index is -0.578. The van der Waals surface area contributed by atoms with Gasteiger partial charge in [-0.15, -0.1) is 12.4 Å². The summed E-state index contributed by atoms with van der Waals surface area (Å²) in [5.41, 5.74) is 6.79. The Labute approximate surface area is 113 Å². The highest BCUT2D eigenvalue weighted by molar-refractivity contribution is 6.32. The van der Waals surface area contributed by atoms with Crippen molar-refractivity contribution in [2.24, 2.45) is 11.7 Å². The molecule has 0 aliphatic rings. The molecule has 0 aliphatic heterocycles. The number of hydrogen-bond donors (Lipinski definition) is 2. The van der Waals surface area contributed by atoms with Crippen LogP contribution in [-0.2, 0) is 0 Å². The van der Waals surface area contributed by atoms with Gasteiger partial charge in [0.2, 0.25) is 0 Å². The summed E-state index contributed by atoms with van der Waals surface area (Å²) >= 11 is 5.91. The largest absolute Gasteiger partial charge is 0.495 e. The third-order valence-corrected chi connectivity index (χ3v) is 2.92. The van der Waals surface area contributed by atoms with Crippen LogP contribution in [0.2, 0.25) is 5.02 Å². The van der Waals surface area contributed by atoms with Gasteiger partial charge in [0.05, 0.1) is 24.3 Å². The van der Waals surface area contributed by atoms with Crippen molar-refractivity contribution in [1.29, 1.82) is 0 Å². The standard InChI is InChI=1S/C12H18ClNO2.ClH/c1-7(2)12(15)11(14)8-4-5-9(13)10(6-8)16-3;/h4-7,11-12,15H,14H2,1-3H3;1H/t11-,12+;/m1./s1. The first-order chi connectivity index (χ1) is 7.47. The molecular weight excluding hydrogens is 261 g/mol. The first-order valence-corrected chi connectivity index (χ1v) is 5.62. The van der Waals surface area contributed by atoms with E-state index in [9.17, 15) is 5.11 Å². The molecule has 0 bridgehead atoms. The Hall–Kier alpha value is -0.480. The summed E-state index contributed by atoms with van der Waals surface area (Å²) in [6.45, 7) is 3.86. The van der Waals surface area contributed by atoms with E-state index in [0.29, 0.717) is 10.8 Å². The maximum Gasteiger partial charge on any atom is 0.137 e. The van der Waals surface area contributed by atoms with Gasteiger partial charge in [-0.05, 0) is 23.6 Å². The summed E-state index contributed by atoms with van der Waals surface area (Å²) in [6.07, 6.45) is -0.578. The number of nitrogens with two attached hydrogens (primary N) is 1.